The molecule has 2 aromatic rings. The fraction of sp³-hybridized carbons (Fsp3) is 0.286. The molecule has 3 N–H and O–H groups in total. The molecule has 0 saturated heterocycles. The maximum absolute atomic E-state index is 11.9. The Morgan fingerprint density at radius 1 is 1.45 bits per heavy atom. The van der Waals surface area contributed by atoms with E-state index in [0.29, 0.717) is 10.7 Å². The van der Waals surface area contributed by atoms with Crippen LogP contribution in [0.2, 0.25) is 5.02 Å². The third kappa shape index (κ3) is 3.18. The molecule has 0 saturated carbocycles. The van der Waals surface area contributed by atoms with Crippen LogP contribution < -0.4 is 11.1 Å². The Balaban J connectivity index is 2.16. The van der Waals surface area contributed by atoms with Gasteiger partial charge >= 0.3 is 0 Å². The molecule has 5 nitrogen and oxygen atoms in total. The highest BCUT2D eigenvalue weighted by Crippen LogP contribution is 2.24. The third-order valence-corrected chi connectivity index (χ3v) is 3.47. The Labute approximate surface area is 122 Å². The van der Waals surface area contributed by atoms with E-state index in [1.165, 1.54) is 0 Å². The lowest BCUT2D eigenvalue weighted by molar-refractivity contribution is -0.119. The summed E-state index contributed by atoms with van der Waals surface area (Å²) in [5.74, 6) is -0.387. The van der Waals surface area contributed by atoms with Crippen molar-refractivity contribution in [3.8, 4) is 5.69 Å². The van der Waals surface area contributed by atoms with Gasteiger partial charge in [-0.15, -0.1) is 0 Å². The summed E-state index contributed by atoms with van der Waals surface area (Å²) in [7, 11) is 0. The monoisotopic (exact) mass is 292 g/mol. The number of rotatable bonds is 4. The summed E-state index contributed by atoms with van der Waals surface area (Å²) < 4.78 is 1.67. The van der Waals surface area contributed by atoms with E-state index in [1.54, 1.807) is 43.1 Å². The van der Waals surface area contributed by atoms with E-state index >= 15 is 0 Å². The van der Waals surface area contributed by atoms with Crippen molar-refractivity contribution in [3.63, 3.8) is 0 Å². The average Bonchev–Trinajstić information content (AvgIpc) is 2.91. The first kappa shape index (κ1) is 14.6. The van der Waals surface area contributed by atoms with E-state index in [0.717, 1.165) is 5.69 Å². The van der Waals surface area contributed by atoms with Gasteiger partial charge in [0.1, 0.15) is 0 Å². The van der Waals surface area contributed by atoms with Crippen molar-refractivity contribution in [1.82, 2.24) is 9.78 Å². The minimum absolute atomic E-state index is 0.122. The Morgan fingerprint density at radius 2 is 2.20 bits per heavy atom. The van der Waals surface area contributed by atoms with E-state index < -0.39 is 0 Å². The number of aromatic nitrogens is 2. The van der Waals surface area contributed by atoms with E-state index in [9.17, 15) is 4.79 Å². The summed E-state index contributed by atoms with van der Waals surface area (Å²) in [6.07, 6.45) is 3.48. The molecule has 0 bridgehead atoms. The van der Waals surface area contributed by atoms with Gasteiger partial charge in [-0.3, -0.25) is 4.79 Å². The minimum Gasteiger partial charge on any atom is -0.327 e. The van der Waals surface area contributed by atoms with Crippen LogP contribution in [0.15, 0.2) is 36.7 Å². The summed E-state index contributed by atoms with van der Waals surface area (Å²) in [4.78, 5) is 11.9. The fourth-order valence-electron chi connectivity index (χ4n) is 1.68. The van der Waals surface area contributed by atoms with Crippen LogP contribution in [0.4, 0.5) is 5.69 Å². The third-order valence-electron chi connectivity index (χ3n) is 3.17. The molecule has 2 unspecified atom stereocenters. The van der Waals surface area contributed by atoms with Crippen LogP contribution in [0.25, 0.3) is 5.69 Å². The molecule has 0 aliphatic carbocycles. The highest BCUT2D eigenvalue weighted by Gasteiger charge is 2.17. The van der Waals surface area contributed by atoms with Gasteiger partial charge in [-0.25, -0.2) is 4.68 Å². The van der Waals surface area contributed by atoms with Crippen LogP contribution >= 0.6 is 11.6 Å². The number of benzene rings is 1. The quantitative estimate of drug-likeness (QED) is 0.909. The highest BCUT2D eigenvalue weighted by atomic mass is 35.5. The Kier molecular flexibility index (Phi) is 4.42. The van der Waals surface area contributed by atoms with Crippen LogP contribution in [0.3, 0.4) is 0 Å². The van der Waals surface area contributed by atoms with Crippen LogP contribution in [0, 0.1) is 5.92 Å². The number of carbonyl (C=O) groups excluding carboxylic acids is 1. The van der Waals surface area contributed by atoms with E-state index in [2.05, 4.69) is 10.4 Å². The molecule has 6 heteroatoms. The minimum atomic E-state index is -0.264. The molecule has 0 spiro atoms. The van der Waals surface area contributed by atoms with Crippen LogP contribution in [0.1, 0.15) is 13.8 Å². The molecule has 0 fully saturated rings. The zero-order valence-electron chi connectivity index (χ0n) is 11.4. The molecule has 0 aliphatic rings. The topological polar surface area (TPSA) is 72.9 Å². The average molecular weight is 293 g/mol. The number of hydrogen-bond donors (Lipinski definition) is 2. The summed E-state index contributed by atoms with van der Waals surface area (Å²) in [6, 6.07) is 6.91. The number of amides is 1. The predicted octanol–water partition coefficient (Wildman–Crippen LogP) is 2.45. The fourth-order valence-corrected chi connectivity index (χ4v) is 1.94. The second kappa shape index (κ2) is 6.07. The van der Waals surface area contributed by atoms with Crippen molar-refractivity contribution >= 4 is 23.2 Å². The lowest BCUT2D eigenvalue weighted by Gasteiger charge is -2.16. The number of anilines is 1. The van der Waals surface area contributed by atoms with Crippen molar-refractivity contribution in [1.29, 1.82) is 0 Å². The zero-order chi connectivity index (χ0) is 14.7. The molecule has 0 radical (unpaired) electrons. The van der Waals surface area contributed by atoms with Gasteiger partial charge in [-0.1, -0.05) is 18.5 Å². The standard InChI is InChI=1S/C14H17ClN4O/c1-9(10(2)16)14(20)18-11-4-5-13(12(15)8-11)19-7-3-6-17-19/h3-10H,16H2,1-2H3,(H,18,20). The smallest absolute Gasteiger partial charge is 0.228 e. The molecular weight excluding hydrogens is 276 g/mol. The molecule has 1 aromatic heterocycles. The molecule has 2 rings (SSSR count). The summed E-state index contributed by atoms with van der Waals surface area (Å²) >= 11 is 6.21. The number of halogens is 1. The van der Waals surface area contributed by atoms with E-state index in [-0.39, 0.29) is 17.9 Å². The van der Waals surface area contributed by atoms with Crippen LogP contribution in [-0.4, -0.2) is 21.7 Å². The number of nitrogens with two attached hydrogens (primary N) is 1. The normalized spacial score (nSPS) is 13.8. The summed E-state index contributed by atoms with van der Waals surface area (Å²) in [6.45, 7) is 3.59. The van der Waals surface area contributed by atoms with Gasteiger partial charge in [0, 0.05) is 24.1 Å². The molecule has 20 heavy (non-hydrogen) atoms. The van der Waals surface area contributed by atoms with Gasteiger partial charge in [-0.2, -0.15) is 5.10 Å². The van der Waals surface area contributed by atoms with E-state index in [1.807, 2.05) is 12.1 Å². The first-order valence-corrected chi connectivity index (χ1v) is 6.73. The zero-order valence-corrected chi connectivity index (χ0v) is 12.1. The maximum Gasteiger partial charge on any atom is 0.228 e. The molecule has 1 heterocycles. The molecule has 106 valence electrons. The number of carbonyl (C=O) groups is 1. The van der Waals surface area contributed by atoms with Crippen LogP contribution in [-0.2, 0) is 4.79 Å². The van der Waals surface area contributed by atoms with Gasteiger partial charge in [0.25, 0.3) is 0 Å². The van der Waals surface area contributed by atoms with Crippen molar-refractivity contribution in [2.75, 3.05) is 5.32 Å². The maximum atomic E-state index is 11.9. The highest BCUT2D eigenvalue weighted by molar-refractivity contribution is 6.32. The van der Waals surface area contributed by atoms with Gasteiger partial charge in [0.15, 0.2) is 0 Å². The van der Waals surface area contributed by atoms with Crippen molar-refractivity contribution in [2.24, 2.45) is 11.7 Å². The summed E-state index contributed by atoms with van der Waals surface area (Å²) in [5.41, 5.74) is 7.11. The SMILES string of the molecule is CC(N)C(C)C(=O)Nc1ccc(-n2cccn2)c(Cl)c1. The van der Waals surface area contributed by atoms with Crippen molar-refractivity contribution < 1.29 is 4.79 Å². The Morgan fingerprint density at radius 3 is 2.75 bits per heavy atom. The van der Waals surface area contributed by atoms with Gasteiger partial charge in [0.05, 0.1) is 16.6 Å². The first-order chi connectivity index (χ1) is 9.49. The largest absolute Gasteiger partial charge is 0.327 e. The molecule has 2 atom stereocenters. The molecule has 0 aliphatic heterocycles. The summed E-state index contributed by atoms with van der Waals surface area (Å²) in [5, 5.41) is 7.43. The van der Waals surface area contributed by atoms with Gasteiger partial charge in [0.2, 0.25) is 5.91 Å². The van der Waals surface area contributed by atoms with E-state index in [4.69, 9.17) is 17.3 Å². The molecular formula is C14H17ClN4O. The van der Waals surface area contributed by atoms with Crippen molar-refractivity contribution in [3.05, 3.63) is 41.7 Å². The second-order valence-corrected chi connectivity index (χ2v) is 5.16. The molecule has 1 aromatic carbocycles. The molecule has 1 amide bonds. The lowest BCUT2D eigenvalue weighted by atomic mass is 10.0. The predicted molar refractivity (Wildman–Crippen MR) is 80.0 cm³/mol. The lowest BCUT2D eigenvalue weighted by Crippen LogP contribution is -2.34. The van der Waals surface area contributed by atoms with Crippen LogP contribution in [0.5, 0.6) is 0 Å². The number of nitrogens with one attached hydrogen (secondary N) is 1. The van der Waals surface area contributed by atoms with Crippen molar-refractivity contribution in [2.45, 2.75) is 19.9 Å². The Bertz CT molecular complexity index is 595. The second-order valence-electron chi connectivity index (χ2n) is 4.75. The van der Waals surface area contributed by atoms with Gasteiger partial charge in [-0.05, 0) is 31.2 Å². The van der Waals surface area contributed by atoms with Gasteiger partial charge < -0.3 is 11.1 Å². The number of nitrogens with zero attached hydrogens (tertiary/aromatic N) is 2. The Hall–Kier alpha value is -1.85. The number of hydrogen-bond acceptors (Lipinski definition) is 3. The first-order valence-electron chi connectivity index (χ1n) is 6.35.